The monoisotopic (exact) mass is 404 g/mol. The highest BCUT2D eigenvalue weighted by Gasteiger charge is 2.12. The summed E-state index contributed by atoms with van der Waals surface area (Å²) < 4.78 is 18.5. The lowest BCUT2D eigenvalue weighted by molar-refractivity contribution is -0.121. The number of hydrogen-bond donors (Lipinski definition) is 1. The van der Waals surface area contributed by atoms with Gasteiger partial charge < -0.3 is 10.1 Å². The Balaban J connectivity index is 1.50. The predicted molar refractivity (Wildman–Crippen MR) is 105 cm³/mol. The molecule has 140 valence electrons. The lowest BCUT2D eigenvalue weighted by atomic mass is 10.1. The van der Waals surface area contributed by atoms with Gasteiger partial charge in [-0.05, 0) is 48.9 Å². The molecule has 0 bridgehead atoms. The third kappa shape index (κ3) is 5.77. The van der Waals surface area contributed by atoms with Crippen LogP contribution in [0.25, 0.3) is 0 Å². The van der Waals surface area contributed by atoms with E-state index in [2.05, 4.69) is 10.3 Å². The second kappa shape index (κ2) is 8.97. The zero-order valence-corrected chi connectivity index (χ0v) is 16.2. The Morgan fingerprint density at radius 2 is 2.07 bits per heavy atom. The molecule has 0 fully saturated rings. The molecule has 0 aliphatic rings. The van der Waals surface area contributed by atoms with E-state index in [1.165, 1.54) is 23.5 Å². The topological polar surface area (TPSA) is 51.2 Å². The number of carbonyl (C=O) groups is 1. The largest absolute Gasteiger partial charge is 0.486 e. The van der Waals surface area contributed by atoms with Gasteiger partial charge in [-0.3, -0.25) is 4.79 Å². The number of halogens is 2. The van der Waals surface area contributed by atoms with Crippen LogP contribution in [0.4, 0.5) is 4.39 Å². The zero-order chi connectivity index (χ0) is 19.2. The summed E-state index contributed by atoms with van der Waals surface area (Å²) in [6.07, 6.45) is 0.192. The van der Waals surface area contributed by atoms with Gasteiger partial charge in [-0.1, -0.05) is 23.7 Å². The molecular formula is C20H18ClFN2O2S. The van der Waals surface area contributed by atoms with Crippen molar-refractivity contribution in [1.82, 2.24) is 10.3 Å². The summed E-state index contributed by atoms with van der Waals surface area (Å²) >= 11 is 7.41. The Labute approximate surface area is 166 Å². The highest BCUT2D eigenvalue weighted by atomic mass is 35.5. The van der Waals surface area contributed by atoms with E-state index in [0.29, 0.717) is 16.5 Å². The van der Waals surface area contributed by atoms with E-state index in [-0.39, 0.29) is 30.8 Å². The Morgan fingerprint density at radius 1 is 1.30 bits per heavy atom. The first kappa shape index (κ1) is 19.3. The van der Waals surface area contributed by atoms with Crippen molar-refractivity contribution >= 4 is 28.8 Å². The summed E-state index contributed by atoms with van der Waals surface area (Å²) in [5, 5.41) is 6.18. The van der Waals surface area contributed by atoms with Crippen LogP contribution < -0.4 is 10.1 Å². The molecule has 1 heterocycles. The molecule has 1 aromatic heterocycles. The summed E-state index contributed by atoms with van der Waals surface area (Å²) in [5.41, 5.74) is 1.64. The molecule has 0 aliphatic carbocycles. The van der Waals surface area contributed by atoms with Gasteiger partial charge in [-0.25, -0.2) is 9.37 Å². The quantitative estimate of drug-likeness (QED) is 0.607. The summed E-state index contributed by atoms with van der Waals surface area (Å²) in [6, 6.07) is 13.1. The van der Waals surface area contributed by atoms with Crippen LogP contribution in [0.15, 0.2) is 53.9 Å². The Kier molecular flexibility index (Phi) is 6.42. The van der Waals surface area contributed by atoms with E-state index in [1.54, 1.807) is 18.2 Å². The first-order valence-electron chi connectivity index (χ1n) is 8.36. The van der Waals surface area contributed by atoms with Gasteiger partial charge in [0.05, 0.1) is 18.2 Å². The number of carbonyl (C=O) groups excluding carboxylic acids is 1. The predicted octanol–water partition coefficient (Wildman–Crippen LogP) is 4.93. The number of nitrogens with one attached hydrogen (secondary N) is 1. The second-order valence-electron chi connectivity index (χ2n) is 6.00. The molecule has 2 aromatic carbocycles. The molecule has 1 atom stereocenters. The number of aromatic nitrogens is 1. The van der Waals surface area contributed by atoms with Crippen LogP contribution in [0, 0.1) is 5.82 Å². The lowest BCUT2D eigenvalue weighted by Gasteiger charge is -2.14. The Bertz CT molecular complexity index is 914. The van der Waals surface area contributed by atoms with Crippen LogP contribution in [0.1, 0.15) is 29.2 Å². The van der Waals surface area contributed by atoms with Crippen molar-refractivity contribution in [3.8, 4) is 5.75 Å². The maximum Gasteiger partial charge on any atom is 0.226 e. The molecule has 0 radical (unpaired) electrons. The van der Waals surface area contributed by atoms with E-state index < -0.39 is 0 Å². The molecule has 0 saturated heterocycles. The summed E-state index contributed by atoms with van der Waals surface area (Å²) in [6.45, 7) is 2.18. The van der Waals surface area contributed by atoms with Crippen LogP contribution in [0.3, 0.4) is 0 Å². The SMILES string of the molecule is CC(NC(=O)Cc1csc(COc2ccc(F)cc2)n1)c1cccc(Cl)c1. The molecule has 0 spiro atoms. The molecule has 0 aliphatic heterocycles. The van der Waals surface area contributed by atoms with Crippen molar-refractivity contribution in [3.05, 3.63) is 81.0 Å². The smallest absolute Gasteiger partial charge is 0.226 e. The number of amides is 1. The summed E-state index contributed by atoms with van der Waals surface area (Å²) in [5.74, 6) is 0.150. The fraction of sp³-hybridized carbons (Fsp3) is 0.200. The third-order valence-electron chi connectivity index (χ3n) is 3.84. The highest BCUT2D eigenvalue weighted by molar-refractivity contribution is 7.09. The van der Waals surface area contributed by atoms with Crippen molar-refractivity contribution in [2.24, 2.45) is 0 Å². The minimum absolute atomic E-state index is 0.112. The zero-order valence-electron chi connectivity index (χ0n) is 14.6. The Hall–Kier alpha value is -2.44. The van der Waals surface area contributed by atoms with E-state index in [4.69, 9.17) is 16.3 Å². The van der Waals surface area contributed by atoms with Crippen LogP contribution in [0.5, 0.6) is 5.75 Å². The van der Waals surface area contributed by atoms with Gasteiger partial charge in [0.1, 0.15) is 23.2 Å². The highest BCUT2D eigenvalue weighted by Crippen LogP contribution is 2.18. The maximum atomic E-state index is 12.9. The van der Waals surface area contributed by atoms with Gasteiger partial charge in [0, 0.05) is 10.4 Å². The maximum absolute atomic E-state index is 12.9. The molecule has 4 nitrogen and oxygen atoms in total. The van der Waals surface area contributed by atoms with E-state index in [9.17, 15) is 9.18 Å². The number of benzene rings is 2. The summed E-state index contributed by atoms with van der Waals surface area (Å²) in [7, 11) is 0. The lowest BCUT2D eigenvalue weighted by Crippen LogP contribution is -2.28. The van der Waals surface area contributed by atoms with Crippen LogP contribution in [-0.2, 0) is 17.8 Å². The number of nitrogens with zero attached hydrogens (tertiary/aromatic N) is 1. The van der Waals surface area contributed by atoms with Gasteiger partial charge in [0.25, 0.3) is 0 Å². The van der Waals surface area contributed by atoms with E-state index in [0.717, 1.165) is 10.6 Å². The number of ether oxygens (including phenoxy) is 1. The van der Waals surface area contributed by atoms with Crippen molar-refractivity contribution in [2.75, 3.05) is 0 Å². The average Bonchev–Trinajstić information content (AvgIpc) is 3.08. The number of rotatable bonds is 7. The second-order valence-corrected chi connectivity index (χ2v) is 7.38. The van der Waals surface area contributed by atoms with Gasteiger partial charge in [-0.2, -0.15) is 0 Å². The van der Waals surface area contributed by atoms with Gasteiger partial charge in [0.15, 0.2) is 0 Å². The van der Waals surface area contributed by atoms with E-state index in [1.807, 2.05) is 30.5 Å². The molecule has 1 unspecified atom stereocenters. The van der Waals surface area contributed by atoms with Crippen molar-refractivity contribution in [2.45, 2.75) is 26.0 Å². The third-order valence-corrected chi connectivity index (χ3v) is 4.95. The summed E-state index contributed by atoms with van der Waals surface area (Å²) in [4.78, 5) is 16.7. The number of thiazole rings is 1. The fourth-order valence-corrected chi connectivity index (χ4v) is 3.39. The standard InChI is InChI=1S/C20H18ClFN2O2S/c1-13(14-3-2-4-15(21)9-14)23-19(25)10-17-12-27-20(24-17)11-26-18-7-5-16(22)6-8-18/h2-9,12-13H,10-11H2,1H3,(H,23,25). The molecule has 27 heavy (non-hydrogen) atoms. The molecule has 7 heteroatoms. The van der Waals surface area contributed by atoms with Crippen molar-refractivity contribution in [1.29, 1.82) is 0 Å². The van der Waals surface area contributed by atoms with Gasteiger partial charge in [0.2, 0.25) is 5.91 Å². The molecule has 0 saturated carbocycles. The van der Waals surface area contributed by atoms with Crippen LogP contribution >= 0.6 is 22.9 Å². The molecule has 3 rings (SSSR count). The van der Waals surface area contributed by atoms with Crippen LogP contribution in [0.2, 0.25) is 5.02 Å². The molecule has 1 N–H and O–H groups in total. The number of hydrogen-bond acceptors (Lipinski definition) is 4. The first-order valence-corrected chi connectivity index (χ1v) is 9.62. The van der Waals surface area contributed by atoms with Crippen molar-refractivity contribution in [3.63, 3.8) is 0 Å². The van der Waals surface area contributed by atoms with Crippen LogP contribution in [-0.4, -0.2) is 10.9 Å². The Morgan fingerprint density at radius 3 is 2.81 bits per heavy atom. The molecule has 3 aromatic rings. The fourth-order valence-electron chi connectivity index (χ4n) is 2.49. The molecule has 1 amide bonds. The minimum atomic E-state index is -0.308. The van der Waals surface area contributed by atoms with Gasteiger partial charge in [-0.15, -0.1) is 11.3 Å². The van der Waals surface area contributed by atoms with Gasteiger partial charge >= 0.3 is 0 Å². The van der Waals surface area contributed by atoms with Crippen molar-refractivity contribution < 1.29 is 13.9 Å². The first-order chi connectivity index (χ1) is 13.0. The normalized spacial score (nSPS) is 11.8. The minimum Gasteiger partial charge on any atom is -0.486 e. The average molecular weight is 405 g/mol. The van der Waals surface area contributed by atoms with E-state index >= 15 is 0 Å². The molecular weight excluding hydrogens is 387 g/mol.